The van der Waals surface area contributed by atoms with Gasteiger partial charge in [-0.05, 0) is 29.9 Å². The zero-order valence-corrected chi connectivity index (χ0v) is 11.7. The third-order valence-electron chi connectivity index (χ3n) is 3.21. The van der Waals surface area contributed by atoms with E-state index in [4.69, 9.17) is 10.2 Å². The highest BCUT2D eigenvalue weighted by Crippen LogP contribution is 2.19. The van der Waals surface area contributed by atoms with Crippen LogP contribution in [0.5, 0.6) is 0 Å². The zero-order valence-electron chi connectivity index (χ0n) is 11.7. The molecule has 0 unspecified atom stereocenters. The Balaban J connectivity index is 2.17. The highest BCUT2D eigenvalue weighted by molar-refractivity contribution is 5.22. The van der Waals surface area contributed by atoms with E-state index in [-0.39, 0.29) is 6.61 Å². The summed E-state index contributed by atoms with van der Waals surface area (Å²) in [5.41, 5.74) is 3.68. The lowest BCUT2D eigenvalue weighted by Crippen LogP contribution is -2.01. The Hall–Kier alpha value is -1.61. The fourth-order valence-corrected chi connectivity index (χ4v) is 2.28. The van der Waals surface area contributed by atoms with Gasteiger partial charge in [-0.2, -0.15) is 5.10 Å². The smallest absolute Gasteiger partial charge is 0.0682 e. The maximum absolute atomic E-state index is 8.97. The van der Waals surface area contributed by atoms with Gasteiger partial charge in [-0.25, -0.2) is 0 Å². The summed E-state index contributed by atoms with van der Waals surface area (Å²) < 4.78 is 2.01. The molecule has 0 aliphatic rings. The SMILES string of the molecule is CC(C)c1nn(Cc2ccccc2)cc1CCCO. The van der Waals surface area contributed by atoms with Crippen molar-refractivity contribution >= 4 is 0 Å². The van der Waals surface area contributed by atoms with Gasteiger partial charge in [0.1, 0.15) is 0 Å². The number of aliphatic hydroxyl groups is 1. The minimum atomic E-state index is 0.238. The van der Waals surface area contributed by atoms with Crippen molar-refractivity contribution in [1.82, 2.24) is 9.78 Å². The predicted molar refractivity (Wildman–Crippen MR) is 77.3 cm³/mol. The average molecular weight is 258 g/mol. The molecule has 0 radical (unpaired) electrons. The summed E-state index contributed by atoms with van der Waals surface area (Å²) in [5.74, 6) is 0.422. The van der Waals surface area contributed by atoms with Gasteiger partial charge in [0.25, 0.3) is 0 Å². The van der Waals surface area contributed by atoms with Gasteiger partial charge in [0.05, 0.1) is 12.2 Å². The summed E-state index contributed by atoms with van der Waals surface area (Å²) in [6.07, 6.45) is 3.83. The van der Waals surface area contributed by atoms with Gasteiger partial charge in [-0.1, -0.05) is 44.2 Å². The van der Waals surface area contributed by atoms with Crippen molar-refractivity contribution in [2.45, 2.75) is 39.2 Å². The third kappa shape index (κ3) is 3.67. The lowest BCUT2D eigenvalue weighted by molar-refractivity contribution is 0.288. The molecule has 0 aliphatic carbocycles. The van der Waals surface area contributed by atoms with E-state index in [1.807, 2.05) is 10.7 Å². The van der Waals surface area contributed by atoms with Crippen molar-refractivity contribution in [2.24, 2.45) is 0 Å². The normalized spacial score (nSPS) is 11.2. The van der Waals surface area contributed by atoms with Gasteiger partial charge in [0.15, 0.2) is 0 Å². The van der Waals surface area contributed by atoms with E-state index in [0.717, 1.165) is 25.1 Å². The van der Waals surface area contributed by atoms with Crippen LogP contribution in [0.3, 0.4) is 0 Å². The minimum Gasteiger partial charge on any atom is -0.396 e. The third-order valence-corrected chi connectivity index (χ3v) is 3.21. The number of nitrogens with zero attached hydrogens (tertiary/aromatic N) is 2. The second-order valence-corrected chi connectivity index (χ2v) is 5.20. The van der Waals surface area contributed by atoms with E-state index in [9.17, 15) is 0 Å². The van der Waals surface area contributed by atoms with Crippen LogP contribution in [0.2, 0.25) is 0 Å². The number of aromatic nitrogens is 2. The lowest BCUT2D eigenvalue weighted by atomic mass is 10.0. The summed E-state index contributed by atoms with van der Waals surface area (Å²) in [6, 6.07) is 10.4. The standard InChI is InChI=1S/C16H22N2O/c1-13(2)16-15(9-6-10-19)12-18(17-16)11-14-7-4-3-5-8-14/h3-5,7-8,12-13,19H,6,9-11H2,1-2H3. The summed E-state index contributed by atoms with van der Waals surface area (Å²) in [7, 11) is 0. The molecule has 0 fully saturated rings. The Morgan fingerprint density at radius 2 is 1.95 bits per heavy atom. The molecule has 1 N–H and O–H groups in total. The Labute approximate surface area is 114 Å². The largest absolute Gasteiger partial charge is 0.396 e. The number of hydrogen-bond acceptors (Lipinski definition) is 2. The highest BCUT2D eigenvalue weighted by Gasteiger charge is 2.12. The summed E-state index contributed by atoms with van der Waals surface area (Å²) in [6.45, 7) is 5.37. The van der Waals surface area contributed by atoms with Gasteiger partial charge in [-0.3, -0.25) is 4.68 Å². The molecule has 0 spiro atoms. The van der Waals surface area contributed by atoms with E-state index < -0.39 is 0 Å². The molecule has 0 atom stereocenters. The first-order chi connectivity index (χ1) is 9.20. The second kappa shape index (κ2) is 6.53. The lowest BCUT2D eigenvalue weighted by Gasteiger charge is -2.03. The van der Waals surface area contributed by atoms with Gasteiger partial charge < -0.3 is 5.11 Å². The first-order valence-electron chi connectivity index (χ1n) is 6.91. The van der Waals surface area contributed by atoms with Crippen LogP contribution in [-0.2, 0) is 13.0 Å². The molecular weight excluding hydrogens is 236 g/mol. The van der Waals surface area contributed by atoms with E-state index >= 15 is 0 Å². The zero-order chi connectivity index (χ0) is 13.7. The van der Waals surface area contributed by atoms with Crippen molar-refractivity contribution in [3.8, 4) is 0 Å². The van der Waals surface area contributed by atoms with Crippen LogP contribution >= 0.6 is 0 Å². The first-order valence-corrected chi connectivity index (χ1v) is 6.91. The molecule has 3 nitrogen and oxygen atoms in total. The van der Waals surface area contributed by atoms with Crippen molar-refractivity contribution < 1.29 is 5.11 Å². The molecular formula is C16H22N2O. The van der Waals surface area contributed by atoms with E-state index in [2.05, 4.69) is 44.3 Å². The quantitative estimate of drug-likeness (QED) is 0.865. The maximum atomic E-state index is 8.97. The Kier molecular flexibility index (Phi) is 4.74. The van der Waals surface area contributed by atoms with Gasteiger partial charge in [0.2, 0.25) is 0 Å². The molecule has 1 aromatic heterocycles. The number of benzene rings is 1. The molecule has 2 rings (SSSR count). The number of aryl methyl sites for hydroxylation is 1. The second-order valence-electron chi connectivity index (χ2n) is 5.20. The maximum Gasteiger partial charge on any atom is 0.0682 e. The average Bonchev–Trinajstić information content (AvgIpc) is 2.80. The predicted octanol–water partition coefficient (Wildman–Crippen LogP) is 2.98. The summed E-state index contributed by atoms with van der Waals surface area (Å²) in [5, 5.41) is 13.7. The molecule has 0 amide bonds. The number of hydrogen-bond donors (Lipinski definition) is 1. The van der Waals surface area contributed by atoms with Crippen molar-refractivity contribution in [3.63, 3.8) is 0 Å². The Morgan fingerprint density at radius 3 is 2.58 bits per heavy atom. The molecule has 2 aromatic rings. The molecule has 3 heteroatoms. The van der Waals surface area contributed by atoms with E-state index in [0.29, 0.717) is 5.92 Å². The minimum absolute atomic E-state index is 0.238. The highest BCUT2D eigenvalue weighted by atomic mass is 16.2. The van der Waals surface area contributed by atoms with Crippen LogP contribution < -0.4 is 0 Å². The van der Waals surface area contributed by atoms with E-state index in [1.165, 1.54) is 11.1 Å². The van der Waals surface area contributed by atoms with Gasteiger partial charge in [0, 0.05) is 12.8 Å². The van der Waals surface area contributed by atoms with Crippen molar-refractivity contribution in [3.05, 3.63) is 53.3 Å². The number of rotatable bonds is 6. The number of aliphatic hydroxyl groups excluding tert-OH is 1. The molecule has 1 heterocycles. The van der Waals surface area contributed by atoms with E-state index in [1.54, 1.807) is 0 Å². The molecule has 19 heavy (non-hydrogen) atoms. The van der Waals surface area contributed by atoms with Crippen LogP contribution in [0.25, 0.3) is 0 Å². The molecule has 0 aliphatic heterocycles. The molecule has 0 bridgehead atoms. The monoisotopic (exact) mass is 258 g/mol. The van der Waals surface area contributed by atoms with Crippen molar-refractivity contribution in [2.75, 3.05) is 6.61 Å². The fraction of sp³-hybridized carbons (Fsp3) is 0.438. The van der Waals surface area contributed by atoms with Gasteiger partial charge in [-0.15, -0.1) is 0 Å². The summed E-state index contributed by atoms with van der Waals surface area (Å²) >= 11 is 0. The molecule has 1 aromatic carbocycles. The summed E-state index contributed by atoms with van der Waals surface area (Å²) in [4.78, 5) is 0. The van der Waals surface area contributed by atoms with Crippen molar-refractivity contribution in [1.29, 1.82) is 0 Å². The van der Waals surface area contributed by atoms with Crippen LogP contribution in [0.4, 0.5) is 0 Å². The van der Waals surface area contributed by atoms with Gasteiger partial charge >= 0.3 is 0 Å². The fourth-order valence-electron chi connectivity index (χ4n) is 2.28. The Morgan fingerprint density at radius 1 is 1.21 bits per heavy atom. The molecule has 0 saturated carbocycles. The topological polar surface area (TPSA) is 38.0 Å². The Bertz CT molecular complexity index is 503. The molecule has 102 valence electrons. The van der Waals surface area contributed by atoms with Crippen LogP contribution in [0.1, 0.15) is 43.0 Å². The van der Waals surface area contributed by atoms with Crippen LogP contribution in [-0.4, -0.2) is 21.5 Å². The molecule has 0 saturated heterocycles. The first kappa shape index (κ1) is 13.8. The van der Waals surface area contributed by atoms with Crippen LogP contribution in [0, 0.1) is 0 Å². The van der Waals surface area contributed by atoms with Crippen LogP contribution in [0.15, 0.2) is 36.5 Å².